The number of rotatable bonds is 9. The average molecular weight is 678 g/mol. The van der Waals surface area contributed by atoms with E-state index in [-0.39, 0.29) is 34.4 Å². The zero-order valence-electron chi connectivity index (χ0n) is 27.5. The van der Waals surface area contributed by atoms with Gasteiger partial charge in [-0.2, -0.15) is 15.0 Å². The third-order valence-electron chi connectivity index (χ3n) is 8.13. The largest absolute Gasteiger partial charge is 0.505 e. The first-order valence-electron chi connectivity index (χ1n) is 15.1. The number of halogens is 1. The van der Waals surface area contributed by atoms with Crippen LogP contribution in [-0.4, -0.2) is 32.3 Å². The average Bonchev–Trinajstić information content (AvgIpc) is 3.04. The first-order chi connectivity index (χ1) is 23.5. The van der Waals surface area contributed by atoms with Gasteiger partial charge in [0.25, 0.3) is 0 Å². The molecule has 14 heteroatoms. The number of ether oxygens (including phenoxy) is 1. The number of nitrogens with one attached hydrogen (secondary N) is 3. The van der Waals surface area contributed by atoms with Gasteiger partial charge in [-0.25, -0.2) is 5.43 Å². The van der Waals surface area contributed by atoms with E-state index in [0.29, 0.717) is 44.8 Å². The number of nitroso groups, excluding NO2 is 1. The Balaban J connectivity index is 1.33. The third-order valence-corrected chi connectivity index (χ3v) is 8.30. The molecule has 5 N–H and O–H groups in total. The van der Waals surface area contributed by atoms with E-state index in [1.54, 1.807) is 26.2 Å². The Morgan fingerprint density at radius 2 is 1.49 bits per heavy atom. The first kappa shape index (κ1) is 32.8. The van der Waals surface area contributed by atoms with Gasteiger partial charge >= 0.3 is 0 Å². The van der Waals surface area contributed by atoms with Gasteiger partial charge < -0.3 is 25.6 Å². The molecule has 1 heterocycles. The van der Waals surface area contributed by atoms with Crippen molar-refractivity contribution in [2.24, 2.45) is 15.5 Å². The number of aromatic nitrogens is 3. The summed E-state index contributed by atoms with van der Waals surface area (Å²) < 4.78 is 5.41. The first-order valence-corrected chi connectivity index (χ1v) is 15.5. The van der Waals surface area contributed by atoms with Crippen LogP contribution in [0.1, 0.15) is 27.8 Å². The van der Waals surface area contributed by atoms with Crippen molar-refractivity contribution in [2.45, 2.75) is 34.6 Å². The van der Waals surface area contributed by atoms with Crippen LogP contribution in [0.4, 0.5) is 40.3 Å². The van der Waals surface area contributed by atoms with Crippen molar-refractivity contribution < 1.29 is 14.9 Å². The summed E-state index contributed by atoms with van der Waals surface area (Å²) >= 11 is 6.34. The minimum absolute atomic E-state index is 0.000759. The SMILES string of the molecule is COc1ccc(C)cc1N=Nc1c(C)cc2c(C)c(Nc3nc(Cl)nc(Nc4cc(C)cc5cc(C)c(NN=O)c(O)c45)n3)ccc2c1O. The number of hydrogen-bond acceptors (Lipinski definition) is 12. The van der Waals surface area contributed by atoms with Crippen molar-refractivity contribution >= 4 is 73.5 Å². The molecule has 1 aromatic heterocycles. The second-order valence-corrected chi connectivity index (χ2v) is 12.0. The summed E-state index contributed by atoms with van der Waals surface area (Å²) in [4.78, 5) is 24.0. The maximum Gasteiger partial charge on any atom is 0.233 e. The Bertz CT molecular complexity index is 2330. The lowest BCUT2D eigenvalue weighted by atomic mass is 9.99. The normalized spacial score (nSPS) is 11.3. The molecule has 0 radical (unpaired) electrons. The van der Waals surface area contributed by atoms with Gasteiger partial charge in [-0.15, -0.1) is 15.1 Å². The zero-order valence-corrected chi connectivity index (χ0v) is 28.2. The molecule has 0 spiro atoms. The fourth-order valence-corrected chi connectivity index (χ4v) is 5.92. The predicted octanol–water partition coefficient (Wildman–Crippen LogP) is 9.79. The Morgan fingerprint density at radius 3 is 2.20 bits per heavy atom. The lowest BCUT2D eigenvalue weighted by molar-refractivity contribution is 0.415. The predicted molar refractivity (Wildman–Crippen MR) is 193 cm³/mol. The van der Waals surface area contributed by atoms with Gasteiger partial charge in [-0.3, -0.25) is 0 Å². The molecule has 0 aliphatic rings. The second-order valence-electron chi connectivity index (χ2n) is 11.6. The molecule has 0 fully saturated rings. The van der Waals surface area contributed by atoms with Crippen LogP contribution in [-0.2, 0) is 0 Å². The molecule has 5 aromatic carbocycles. The van der Waals surface area contributed by atoms with Crippen LogP contribution >= 0.6 is 11.6 Å². The van der Waals surface area contributed by atoms with Crippen molar-refractivity contribution in [3.8, 4) is 17.2 Å². The van der Waals surface area contributed by atoms with Gasteiger partial charge in [0.2, 0.25) is 17.2 Å². The number of aromatic hydroxyl groups is 2. The lowest BCUT2D eigenvalue weighted by Gasteiger charge is -2.16. The molecule has 6 rings (SSSR count). The number of methoxy groups -OCH3 is 1. The van der Waals surface area contributed by atoms with E-state index >= 15 is 0 Å². The number of benzene rings is 5. The van der Waals surface area contributed by atoms with Crippen molar-refractivity contribution in [1.29, 1.82) is 0 Å². The Hall–Kier alpha value is -6.08. The van der Waals surface area contributed by atoms with Gasteiger partial charge in [0.1, 0.15) is 22.8 Å². The number of aryl methyl sites for hydroxylation is 5. The number of hydrogen-bond donors (Lipinski definition) is 5. The lowest BCUT2D eigenvalue weighted by Crippen LogP contribution is -2.05. The van der Waals surface area contributed by atoms with E-state index in [2.05, 4.69) is 46.5 Å². The third kappa shape index (κ3) is 6.43. The molecule has 0 unspecified atom stereocenters. The van der Waals surface area contributed by atoms with E-state index in [1.165, 1.54) is 0 Å². The number of phenolic OH excluding ortho intramolecular Hbond substituents is 2. The fraction of sp³-hybridized carbons (Fsp3) is 0.171. The van der Waals surface area contributed by atoms with E-state index in [4.69, 9.17) is 16.3 Å². The second kappa shape index (κ2) is 13.2. The standard InChI is InChI=1S/C35H32ClN9O4/c1-16-7-10-27(49-6)25(12-16)42-43-29-19(4)15-23-20(5)24(9-8-22(23)31(29)46)37-34-39-33(36)40-35(41-34)38-26-13-17(2)11-21-14-18(3)30(44-45-48)32(47)28(21)26/h7-15,46-47H,1-6H3,(H,44,48)(H2,37,38,39,40,41). The molecule has 6 aromatic rings. The van der Waals surface area contributed by atoms with Crippen LogP contribution in [0.25, 0.3) is 21.5 Å². The molecule has 49 heavy (non-hydrogen) atoms. The summed E-state index contributed by atoms with van der Waals surface area (Å²) in [6.07, 6.45) is 0. The summed E-state index contributed by atoms with van der Waals surface area (Å²) in [6.45, 7) is 9.39. The van der Waals surface area contributed by atoms with E-state index in [1.807, 2.05) is 70.2 Å². The summed E-state index contributed by atoms with van der Waals surface area (Å²) in [5, 5.41) is 42.7. The van der Waals surface area contributed by atoms with Crippen LogP contribution < -0.4 is 20.8 Å². The zero-order chi connectivity index (χ0) is 35.0. The molecule has 0 aliphatic heterocycles. The van der Waals surface area contributed by atoms with Gasteiger partial charge in [-0.05, 0) is 127 Å². The van der Waals surface area contributed by atoms with E-state index in [0.717, 1.165) is 33.0 Å². The van der Waals surface area contributed by atoms with E-state index in [9.17, 15) is 15.1 Å². The van der Waals surface area contributed by atoms with Crippen molar-refractivity contribution in [1.82, 2.24) is 15.0 Å². The van der Waals surface area contributed by atoms with Crippen molar-refractivity contribution in [3.05, 3.63) is 92.6 Å². The number of nitrogens with zero attached hydrogens (tertiary/aromatic N) is 6. The fourth-order valence-electron chi connectivity index (χ4n) is 5.76. The van der Waals surface area contributed by atoms with Gasteiger partial charge in [-0.1, -0.05) is 12.1 Å². The highest BCUT2D eigenvalue weighted by atomic mass is 35.5. The molecule has 13 nitrogen and oxygen atoms in total. The summed E-state index contributed by atoms with van der Waals surface area (Å²) in [6, 6.07) is 16.7. The Kier molecular flexibility index (Phi) is 8.85. The van der Waals surface area contributed by atoms with Crippen molar-refractivity contribution in [3.63, 3.8) is 0 Å². The molecule has 0 bridgehead atoms. The van der Waals surface area contributed by atoms with Gasteiger partial charge in [0, 0.05) is 16.5 Å². The molecular formula is C35H32ClN9O4. The van der Waals surface area contributed by atoms with Crippen LogP contribution in [0.5, 0.6) is 17.2 Å². The maximum absolute atomic E-state index is 11.3. The highest BCUT2D eigenvalue weighted by Crippen LogP contribution is 2.43. The highest BCUT2D eigenvalue weighted by molar-refractivity contribution is 6.28. The number of anilines is 5. The van der Waals surface area contributed by atoms with Gasteiger partial charge in [0.15, 0.2) is 11.5 Å². The molecule has 0 amide bonds. The smallest absolute Gasteiger partial charge is 0.233 e. The number of phenols is 2. The maximum atomic E-state index is 11.3. The Morgan fingerprint density at radius 1 is 0.755 bits per heavy atom. The van der Waals surface area contributed by atoms with Crippen molar-refractivity contribution in [2.75, 3.05) is 23.2 Å². The molecule has 0 aliphatic carbocycles. The quantitative estimate of drug-likeness (QED) is 0.0428. The molecule has 0 saturated heterocycles. The number of azo groups is 1. The van der Waals surface area contributed by atoms with Crippen LogP contribution in [0, 0.1) is 39.5 Å². The summed E-state index contributed by atoms with van der Waals surface area (Å²) in [7, 11) is 1.57. The van der Waals surface area contributed by atoms with E-state index < -0.39 is 0 Å². The minimum Gasteiger partial charge on any atom is -0.505 e. The Labute approximate surface area is 286 Å². The molecule has 248 valence electrons. The number of fused-ring (bicyclic) bond motifs is 2. The molecular weight excluding hydrogens is 646 g/mol. The monoisotopic (exact) mass is 677 g/mol. The molecule has 0 atom stereocenters. The highest BCUT2D eigenvalue weighted by Gasteiger charge is 2.18. The minimum atomic E-state index is -0.152. The topological polar surface area (TPSA) is 179 Å². The molecule has 0 saturated carbocycles. The van der Waals surface area contributed by atoms with Crippen LogP contribution in [0.2, 0.25) is 5.28 Å². The summed E-state index contributed by atoms with van der Waals surface area (Å²) in [5.41, 5.74) is 8.68. The summed E-state index contributed by atoms with van der Waals surface area (Å²) in [5.74, 6) is 0.702. The van der Waals surface area contributed by atoms with Crippen LogP contribution in [0.3, 0.4) is 0 Å². The van der Waals surface area contributed by atoms with Crippen LogP contribution in [0.15, 0.2) is 70.1 Å². The van der Waals surface area contributed by atoms with Gasteiger partial charge in [0.05, 0.1) is 18.1 Å².